The van der Waals surface area contributed by atoms with Crippen LogP contribution in [0, 0.1) is 5.92 Å². The molecular formula is C24H36N4O. The summed E-state index contributed by atoms with van der Waals surface area (Å²) < 4.78 is 0. The van der Waals surface area contributed by atoms with Gasteiger partial charge in [-0.05, 0) is 64.8 Å². The first-order valence-corrected chi connectivity index (χ1v) is 10.7. The van der Waals surface area contributed by atoms with Crippen LogP contribution in [0.2, 0.25) is 0 Å². The minimum Gasteiger partial charge on any atom is -0.370 e. The lowest BCUT2D eigenvalue weighted by Crippen LogP contribution is -2.42. The van der Waals surface area contributed by atoms with Crippen LogP contribution in [0.25, 0.3) is 0 Å². The topological polar surface area (TPSA) is 38.8 Å². The molecule has 1 aromatic carbocycles. The van der Waals surface area contributed by atoms with E-state index in [1.165, 1.54) is 29.8 Å². The molecule has 1 atom stereocenters. The third kappa shape index (κ3) is 4.84. The van der Waals surface area contributed by atoms with Crippen molar-refractivity contribution in [3.05, 3.63) is 48.3 Å². The minimum atomic E-state index is -0.00695. The third-order valence-corrected chi connectivity index (χ3v) is 6.47. The van der Waals surface area contributed by atoms with Crippen LogP contribution in [0.4, 0.5) is 11.4 Å². The summed E-state index contributed by atoms with van der Waals surface area (Å²) in [5, 5.41) is 2.93. The van der Waals surface area contributed by atoms with Crippen LogP contribution in [0.15, 0.2) is 42.8 Å². The molecule has 2 saturated heterocycles. The van der Waals surface area contributed by atoms with Crippen molar-refractivity contribution in [1.82, 2.24) is 10.2 Å². The van der Waals surface area contributed by atoms with E-state index in [4.69, 9.17) is 0 Å². The zero-order valence-electron chi connectivity index (χ0n) is 18.5. The summed E-state index contributed by atoms with van der Waals surface area (Å²) in [6.07, 6.45) is 4.80. The van der Waals surface area contributed by atoms with Crippen molar-refractivity contribution in [2.75, 3.05) is 44.0 Å². The Morgan fingerprint density at radius 2 is 1.90 bits per heavy atom. The summed E-state index contributed by atoms with van der Waals surface area (Å²) in [5.74, 6) is 0.0925. The molecule has 2 fully saturated rings. The Morgan fingerprint density at radius 1 is 1.21 bits per heavy atom. The number of hydrogen-bond acceptors (Lipinski definition) is 4. The Kier molecular flexibility index (Phi) is 6.68. The molecule has 29 heavy (non-hydrogen) atoms. The Morgan fingerprint density at radius 3 is 2.48 bits per heavy atom. The summed E-state index contributed by atoms with van der Waals surface area (Å²) in [7, 11) is 6.43. The van der Waals surface area contributed by atoms with Gasteiger partial charge in [0.15, 0.2) is 0 Å². The highest BCUT2D eigenvalue weighted by Gasteiger charge is 2.28. The smallest absolute Gasteiger partial charge is 0.227 e. The van der Waals surface area contributed by atoms with Crippen LogP contribution in [0.1, 0.15) is 38.2 Å². The highest BCUT2D eigenvalue weighted by molar-refractivity contribution is 5.83. The number of allylic oxidation sites excluding steroid dienone is 2. The fourth-order valence-corrected chi connectivity index (χ4v) is 4.48. The van der Waals surface area contributed by atoms with E-state index < -0.39 is 0 Å². The molecule has 0 bridgehead atoms. The van der Waals surface area contributed by atoms with Gasteiger partial charge < -0.3 is 20.0 Å². The summed E-state index contributed by atoms with van der Waals surface area (Å²) in [4.78, 5) is 19.5. The molecule has 2 heterocycles. The van der Waals surface area contributed by atoms with Gasteiger partial charge in [0.2, 0.25) is 5.91 Å². The molecule has 1 N–H and O–H groups in total. The average molecular weight is 397 g/mol. The lowest BCUT2D eigenvalue weighted by atomic mass is 9.89. The van der Waals surface area contributed by atoms with E-state index in [0.717, 1.165) is 43.7 Å². The largest absolute Gasteiger partial charge is 0.370 e. The van der Waals surface area contributed by atoms with E-state index in [2.05, 4.69) is 72.5 Å². The van der Waals surface area contributed by atoms with Crippen LogP contribution in [0.5, 0.6) is 0 Å². The number of carbonyl (C=O) groups is 1. The number of hydrogen-bond donors (Lipinski definition) is 1. The summed E-state index contributed by atoms with van der Waals surface area (Å²) in [6, 6.07) is 7.17. The zero-order chi connectivity index (χ0) is 21.1. The van der Waals surface area contributed by atoms with Crippen molar-refractivity contribution in [1.29, 1.82) is 0 Å². The van der Waals surface area contributed by atoms with E-state index in [0.29, 0.717) is 6.04 Å². The van der Waals surface area contributed by atoms with E-state index in [-0.39, 0.29) is 11.8 Å². The molecule has 0 radical (unpaired) electrons. The van der Waals surface area contributed by atoms with Crippen molar-refractivity contribution in [2.24, 2.45) is 5.92 Å². The van der Waals surface area contributed by atoms with Gasteiger partial charge in [-0.25, -0.2) is 0 Å². The predicted molar refractivity (Wildman–Crippen MR) is 122 cm³/mol. The van der Waals surface area contributed by atoms with Gasteiger partial charge in [0.05, 0.1) is 11.4 Å². The molecule has 158 valence electrons. The first-order chi connectivity index (χ1) is 13.8. The van der Waals surface area contributed by atoms with E-state index in [1.54, 1.807) is 0 Å². The summed E-state index contributed by atoms with van der Waals surface area (Å²) in [5.41, 5.74) is 5.51. The second-order valence-corrected chi connectivity index (χ2v) is 8.79. The fraction of sp³-hybridized carbons (Fsp3) is 0.542. The van der Waals surface area contributed by atoms with Crippen LogP contribution in [-0.2, 0) is 11.2 Å². The molecular weight excluding hydrogens is 360 g/mol. The molecule has 1 aromatic rings. The van der Waals surface area contributed by atoms with E-state index in [9.17, 15) is 4.79 Å². The van der Waals surface area contributed by atoms with Crippen LogP contribution in [0.3, 0.4) is 0 Å². The standard InChI is InChI=1S/C24H36N4O/c1-17(2)27(6)23-19(16-20-11-10-18(3)25-24(20)29)8-7-9-22(23)28-14-12-21(13-15-28)26(4)5/h7-9,20-21H,1,3,10-16H2,2,4-6H3,(H,25,29). The molecule has 0 saturated carbocycles. The molecule has 1 amide bonds. The number of anilines is 2. The van der Waals surface area contributed by atoms with Gasteiger partial charge in [0.1, 0.15) is 0 Å². The first-order valence-electron chi connectivity index (χ1n) is 10.7. The van der Waals surface area contributed by atoms with Gasteiger partial charge in [0.25, 0.3) is 0 Å². The maximum atomic E-state index is 12.5. The molecule has 2 aliphatic heterocycles. The van der Waals surface area contributed by atoms with Gasteiger partial charge >= 0.3 is 0 Å². The Labute approximate surface area is 176 Å². The van der Waals surface area contributed by atoms with Gasteiger partial charge in [-0.1, -0.05) is 25.3 Å². The fourth-order valence-electron chi connectivity index (χ4n) is 4.48. The monoisotopic (exact) mass is 396 g/mol. The number of carbonyl (C=O) groups excluding carboxylic acids is 1. The molecule has 5 heteroatoms. The number of para-hydroxylation sites is 1. The van der Waals surface area contributed by atoms with Crippen molar-refractivity contribution >= 4 is 17.3 Å². The zero-order valence-corrected chi connectivity index (χ0v) is 18.5. The number of piperidine rings is 2. The first kappa shape index (κ1) is 21.4. The van der Waals surface area contributed by atoms with Crippen molar-refractivity contribution in [3.63, 3.8) is 0 Å². The molecule has 0 aromatic heterocycles. The van der Waals surface area contributed by atoms with Gasteiger partial charge in [-0.3, -0.25) is 4.79 Å². The molecule has 0 aliphatic carbocycles. The SMILES string of the molecule is C=C1CCC(Cc2cccc(N3CCC(N(C)C)CC3)c2N(C)C(=C)C)C(=O)N1. The Hall–Kier alpha value is -2.27. The lowest BCUT2D eigenvalue weighted by Gasteiger charge is -2.39. The van der Waals surface area contributed by atoms with Crippen LogP contribution < -0.4 is 15.1 Å². The van der Waals surface area contributed by atoms with E-state index >= 15 is 0 Å². The highest BCUT2D eigenvalue weighted by Crippen LogP contribution is 2.38. The highest BCUT2D eigenvalue weighted by atomic mass is 16.1. The lowest BCUT2D eigenvalue weighted by molar-refractivity contribution is -0.125. The second-order valence-electron chi connectivity index (χ2n) is 8.79. The van der Waals surface area contributed by atoms with Crippen molar-refractivity contribution in [3.8, 4) is 0 Å². The van der Waals surface area contributed by atoms with Crippen LogP contribution >= 0.6 is 0 Å². The quantitative estimate of drug-likeness (QED) is 0.794. The molecule has 3 rings (SSSR count). The average Bonchev–Trinajstić information content (AvgIpc) is 2.69. The molecule has 5 nitrogen and oxygen atoms in total. The minimum absolute atomic E-state index is 0.00695. The number of nitrogens with zero attached hydrogens (tertiary/aromatic N) is 3. The number of benzene rings is 1. The normalized spacial score (nSPS) is 20.7. The predicted octanol–water partition coefficient (Wildman–Crippen LogP) is 3.77. The van der Waals surface area contributed by atoms with Crippen molar-refractivity contribution < 1.29 is 4.79 Å². The Bertz CT molecular complexity index is 777. The summed E-state index contributed by atoms with van der Waals surface area (Å²) in [6.45, 7) is 12.2. The molecule has 1 unspecified atom stereocenters. The maximum Gasteiger partial charge on any atom is 0.227 e. The maximum absolute atomic E-state index is 12.5. The number of rotatable bonds is 6. The van der Waals surface area contributed by atoms with E-state index in [1.807, 2.05) is 6.92 Å². The summed E-state index contributed by atoms with van der Waals surface area (Å²) >= 11 is 0. The van der Waals surface area contributed by atoms with Gasteiger partial charge in [0, 0.05) is 43.5 Å². The molecule has 2 aliphatic rings. The van der Waals surface area contributed by atoms with Crippen molar-refractivity contribution in [2.45, 2.75) is 45.1 Å². The van der Waals surface area contributed by atoms with Gasteiger partial charge in [-0.2, -0.15) is 0 Å². The second kappa shape index (κ2) is 9.04. The van der Waals surface area contributed by atoms with Crippen LogP contribution in [-0.4, -0.2) is 51.1 Å². The number of amides is 1. The third-order valence-electron chi connectivity index (χ3n) is 6.47. The number of nitrogens with one attached hydrogen (secondary N) is 1. The van der Waals surface area contributed by atoms with Gasteiger partial charge in [-0.15, -0.1) is 0 Å². The molecule has 0 spiro atoms. The Balaban J connectivity index is 1.89.